The molecule has 0 saturated carbocycles. The van der Waals surface area contributed by atoms with Gasteiger partial charge in [0.1, 0.15) is 11.9 Å². The van der Waals surface area contributed by atoms with Gasteiger partial charge in [0.25, 0.3) is 11.5 Å². The van der Waals surface area contributed by atoms with Crippen LogP contribution in [0.5, 0.6) is 0 Å². The number of benzene rings is 1. The van der Waals surface area contributed by atoms with Crippen molar-refractivity contribution < 1.29 is 9.53 Å². The molecule has 1 amide bonds. The Balaban J connectivity index is 1.72. The molecule has 8 nitrogen and oxygen atoms in total. The van der Waals surface area contributed by atoms with Gasteiger partial charge in [-0.05, 0) is 19.8 Å². The number of hydrogen-bond donors (Lipinski definition) is 2. The minimum Gasteiger partial charge on any atom is -0.368 e. The highest BCUT2D eigenvalue weighted by molar-refractivity contribution is 5.93. The molecule has 1 aliphatic heterocycles. The molecule has 1 atom stereocenters. The van der Waals surface area contributed by atoms with Crippen molar-refractivity contribution >= 4 is 17.5 Å². The summed E-state index contributed by atoms with van der Waals surface area (Å²) in [6, 6.07) is 9.03. The van der Waals surface area contributed by atoms with Gasteiger partial charge in [-0.3, -0.25) is 14.6 Å². The van der Waals surface area contributed by atoms with E-state index in [1.54, 1.807) is 0 Å². The molecule has 1 aliphatic rings. The SMILES string of the molecule is Cc1ccc(-c2nc3[nH]c(=O)cc(NC(=O)[C@@H]4CCCO4)n3n2)cc1. The molecule has 0 aliphatic carbocycles. The molecule has 0 bridgehead atoms. The van der Waals surface area contributed by atoms with Gasteiger partial charge in [0.15, 0.2) is 5.82 Å². The highest BCUT2D eigenvalue weighted by Crippen LogP contribution is 2.19. The van der Waals surface area contributed by atoms with Gasteiger partial charge < -0.3 is 10.1 Å². The summed E-state index contributed by atoms with van der Waals surface area (Å²) in [7, 11) is 0. The zero-order chi connectivity index (χ0) is 17.4. The average molecular weight is 339 g/mol. The number of anilines is 1. The van der Waals surface area contributed by atoms with Crippen LogP contribution in [0.25, 0.3) is 17.2 Å². The van der Waals surface area contributed by atoms with Crippen molar-refractivity contribution in [3.05, 3.63) is 46.2 Å². The number of carbonyl (C=O) groups excluding carboxylic acids is 1. The summed E-state index contributed by atoms with van der Waals surface area (Å²) in [6.45, 7) is 2.57. The number of aryl methyl sites for hydroxylation is 1. The molecule has 1 aromatic carbocycles. The number of aromatic nitrogens is 4. The average Bonchev–Trinajstić information content (AvgIpc) is 3.24. The van der Waals surface area contributed by atoms with E-state index in [1.807, 2.05) is 31.2 Å². The molecule has 0 spiro atoms. The van der Waals surface area contributed by atoms with E-state index >= 15 is 0 Å². The molecular weight excluding hydrogens is 322 g/mol. The Morgan fingerprint density at radius 1 is 1.36 bits per heavy atom. The maximum Gasteiger partial charge on any atom is 0.254 e. The second-order valence-electron chi connectivity index (χ2n) is 6.05. The fourth-order valence-corrected chi connectivity index (χ4v) is 2.80. The Morgan fingerprint density at radius 3 is 2.88 bits per heavy atom. The van der Waals surface area contributed by atoms with Crippen LogP contribution < -0.4 is 10.9 Å². The van der Waals surface area contributed by atoms with Crippen LogP contribution in [0.2, 0.25) is 0 Å². The van der Waals surface area contributed by atoms with Crippen molar-refractivity contribution in [2.75, 3.05) is 11.9 Å². The first-order chi connectivity index (χ1) is 12.1. The van der Waals surface area contributed by atoms with Gasteiger partial charge in [-0.25, -0.2) is 0 Å². The van der Waals surface area contributed by atoms with Gasteiger partial charge >= 0.3 is 0 Å². The lowest BCUT2D eigenvalue weighted by molar-refractivity contribution is -0.124. The molecule has 3 aromatic rings. The molecule has 4 rings (SSSR count). The quantitative estimate of drug-likeness (QED) is 0.753. The normalized spacial score (nSPS) is 17.1. The Bertz CT molecular complexity index is 984. The molecule has 0 unspecified atom stereocenters. The number of amides is 1. The van der Waals surface area contributed by atoms with E-state index in [2.05, 4.69) is 20.4 Å². The van der Waals surface area contributed by atoms with Gasteiger partial charge in [-0.2, -0.15) is 9.50 Å². The Kier molecular flexibility index (Phi) is 3.81. The number of aromatic amines is 1. The Hall–Kier alpha value is -3.00. The van der Waals surface area contributed by atoms with E-state index in [4.69, 9.17) is 4.74 Å². The molecule has 2 aromatic heterocycles. The van der Waals surface area contributed by atoms with E-state index in [0.29, 0.717) is 18.9 Å². The summed E-state index contributed by atoms with van der Waals surface area (Å²) in [6.07, 6.45) is 1.03. The molecule has 0 radical (unpaired) electrons. The number of H-pyrrole nitrogens is 1. The summed E-state index contributed by atoms with van der Waals surface area (Å²) in [5, 5.41) is 7.13. The number of hydrogen-bond acceptors (Lipinski definition) is 5. The minimum absolute atomic E-state index is 0.269. The molecule has 25 heavy (non-hydrogen) atoms. The van der Waals surface area contributed by atoms with Crippen molar-refractivity contribution in [3.63, 3.8) is 0 Å². The van der Waals surface area contributed by atoms with Gasteiger partial charge in [-0.15, -0.1) is 5.10 Å². The van der Waals surface area contributed by atoms with Crippen LogP contribution in [-0.2, 0) is 9.53 Å². The second-order valence-corrected chi connectivity index (χ2v) is 6.05. The van der Waals surface area contributed by atoms with Crippen molar-refractivity contribution in [3.8, 4) is 11.4 Å². The second kappa shape index (κ2) is 6.14. The maximum atomic E-state index is 12.3. The predicted octanol–water partition coefficient (Wildman–Crippen LogP) is 1.51. The van der Waals surface area contributed by atoms with Crippen LogP contribution in [0, 0.1) is 6.92 Å². The lowest BCUT2D eigenvalue weighted by Crippen LogP contribution is -2.28. The first-order valence-corrected chi connectivity index (χ1v) is 8.10. The summed E-state index contributed by atoms with van der Waals surface area (Å²) < 4.78 is 6.79. The number of nitrogens with zero attached hydrogens (tertiary/aromatic N) is 3. The fourth-order valence-electron chi connectivity index (χ4n) is 2.80. The number of rotatable bonds is 3. The summed E-state index contributed by atoms with van der Waals surface area (Å²) in [4.78, 5) is 31.1. The van der Waals surface area contributed by atoms with Crippen molar-refractivity contribution in [2.45, 2.75) is 25.9 Å². The van der Waals surface area contributed by atoms with Gasteiger partial charge in [-0.1, -0.05) is 29.8 Å². The molecule has 8 heteroatoms. The summed E-state index contributed by atoms with van der Waals surface area (Å²) in [5.74, 6) is 0.724. The monoisotopic (exact) mass is 339 g/mol. The van der Waals surface area contributed by atoms with Gasteiger partial charge in [0.2, 0.25) is 5.78 Å². The largest absolute Gasteiger partial charge is 0.368 e. The van der Waals surface area contributed by atoms with Crippen LogP contribution in [-0.4, -0.2) is 38.2 Å². The number of fused-ring (bicyclic) bond motifs is 1. The van der Waals surface area contributed by atoms with Crippen molar-refractivity contribution in [2.24, 2.45) is 0 Å². The molecule has 3 heterocycles. The molecule has 1 fully saturated rings. The molecule has 1 saturated heterocycles. The predicted molar refractivity (Wildman–Crippen MR) is 91.4 cm³/mol. The smallest absolute Gasteiger partial charge is 0.254 e. The highest BCUT2D eigenvalue weighted by atomic mass is 16.5. The Labute approximate surface area is 142 Å². The molecule has 2 N–H and O–H groups in total. The van der Waals surface area contributed by atoms with Crippen LogP contribution in [0.3, 0.4) is 0 Å². The van der Waals surface area contributed by atoms with Crippen LogP contribution in [0.15, 0.2) is 35.1 Å². The first kappa shape index (κ1) is 15.5. The van der Waals surface area contributed by atoms with Crippen molar-refractivity contribution in [1.82, 2.24) is 19.6 Å². The van der Waals surface area contributed by atoms with Gasteiger partial charge in [0, 0.05) is 18.2 Å². The highest BCUT2D eigenvalue weighted by Gasteiger charge is 2.24. The third-order valence-electron chi connectivity index (χ3n) is 4.12. The lowest BCUT2D eigenvalue weighted by atomic mass is 10.1. The zero-order valence-corrected chi connectivity index (χ0v) is 13.7. The van der Waals surface area contributed by atoms with Crippen LogP contribution >= 0.6 is 0 Å². The van der Waals surface area contributed by atoms with Crippen LogP contribution in [0.4, 0.5) is 5.82 Å². The van der Waals surface area contributed by atoms with E-state index in [0.717, 1.165) is 17.5 Å². The minimum atomic E-state index is -0.491. The molecule has 128 valence electrons. The third-order valence-corrected chi connectivity index (χ3v) is 4.12. The Morgan fingerprint density at radius 2 is 2.16 bits per heavy atom. The van der Waals surface area contributed by atoms with Crippen molar-refractivity contribution in [1.29, 1.82) is 0 Å². The zero-order valence-electron chi connectivity index (χ0n) is 13.7. The van der Waals surface area contributed by atoms with E-state index < -0.39 is 6.10 Å². The number of nitrogens with one attached hydrogen (secondary N) is 2. The standard InChI is InChI=1S/C17H17N5O3/c1-10-4-6-11(7-5-10)15-20-17-19-14(23)9-13(22(17)21-15)18-16(24)12-3-2-8-25-12/h4-7,9,12H,2-3,8H2,1H3,(H,18,24)(H,19,20,21,23)/t12-/m0/s1. The van der Waals surface area contributed by atoms with E-state index in [-0.39, 0.29) is 23.1 Å². The first-order valence-electron chi connectivity index (χ1n) is 8.10. The number of ether oxygens (including phenoxy) is 1. The summed E-state index contributed by atoms with van der Waals surface area (Å²) in [5.41, 5.74) is 1.59. The van der Waals surface area contributed by atoms with E-state index in [9.17, 15) is 9.59 Å². The third kappa shape index (κ3) is 3.03. The number of carbonyl (C=O) groups is 1. The maximum absolute atomic E-state index is 12.3. The van der Waals surface area contributed by atoms with E-state index in [1.165, 1.54) is 10.6 Å². The molecular formula is C17H17N5O3. The fraction of sp³-hybridized carbons (Fsp3) is 0.294. The van der Waals surface area contributed by atoms with Gasteiger partial charge in [0.05, 0.1) is 0 Å². The van der Waals surface area contributed by atoms with Crippen LogP contribution in [0.1, 0.15) is 18.4 Å². The summed E-state index contributed by atoms with van der Waals surface area (Å²) >= 11 is 0. The lowest BCUT2D eigenvalue weighted by Gasteiger charge is -2.10. The topological polar surface area (TPSA) is 101 Å².